The lowest BCUT2D eigenvalue weighted by Gasteiger charge is -2.25. The Hall–Kier alpha value is -1.66. The van der Waals surface area contributed by atoms with E-state index in [1.54, 1.807) is 4.68 Å². The summed E-state index contributed by atoms with van der Waals surface area (Å²) in [5, 5.41) is 13.5. The predicted octanol–water partition coefficient (Wildman–Crippen LogP) is 1.31. The van der Waals surface area contributed by atoms with E-state index in [9.17, 15) is 0 Å². The third-order valence-electron chi connectivity index (χ3n) is 3.09. The average Bonchev–Trinajstić information content (AvgIpc) is 2.82. The van der Waals surface area contributed by atoms with E-state index in [-0.39, 0.29) is 0 Å². The van der Waals surface area contributed by atoms with Gasteiger partial charge >= 0.3 is 0 Å². The molecule has 0 saturated carbocycles. The molecule has 2 heterocycles. The number of anilines is 1. The van der Waals surface area contributed by atoms with E-state index in [2.05, 4.69) is 22.1 Å². The minimum atomic E-state index is 0.491. The molecule has 19 heavy (non-hydrogen) atoms. The lowest BCUT2D eigenvalue weighted by molar-refractivity contribution is 0.122. The lowest BCUT2D eigenvalue weighted by Crippen LogP contribution is -2.36. The summed E-state index contributed by atoms with van der Waals surface area (Å²) in [6, 6.07) is 10.1. The Labute approximate surface area is 115 Å². The standard InChI is InChI=1S/C13H16N4OS/c14-12-17(10-11-4-2-1-3-5-11)15-13(19-12)16-6-8-18-9-7-16/h1-5,14H,6-10H2. The third-order valence-corrected chi connectivity index (χ3v) is 4.01. The Morgan fingerprint density at radius 2 is 1.95 bits per heavy atom. The molecule has 0 aliphatic carbocycles. The lowest BCUT2D eigenvalue weighted by atomic mass is 10.2. The largest absolute Gasteiger partial charge is 0.378 e. The number of nitrogens with one attached hydrogen (secondary N) is 1. The summed E-state index contributed by atoms with van der Waals surface area (Å²) < 4.78 is 7.09. The van der Waals surface area contributed by atoms with Crippen molar-refractivity contribution in [2.45, 2.75) is 6.54 Å². The fraction of sp³-hybridized carbons (Fsp3) is 0.385. The Morgan fingerprint density at radius 3 is 2.68 bits per heavy atom. The monoisotopic (exact) mass is 276 g/mol. The summed E-state index contributed by atoms with van der Waals surface area (Å²) in [5.41, 5.74) is 1.17. The molecule has 1 aliphatic heterocycles. The quantitative estimate of drug-likeness (QED) is 0.919. The highest BCUT2D eigenvalue weighted by atomic mass is 32.1. The van der Waals surface area contributed by atoms with Crippen LogP contribution in [-0.4, -0.2) is 36.1 Å². The molecule has 2 aromatic rings. The van der Waals surface area contributed by atoms with Crippen molar-refractivity contribution >= 4 is 16.5 Å². The highest BCUT2D eigenvalue weighted by molar-refractivity contribution is 7.12. The van der Waals surface area contributed by atoms with Gasteiger partial charge in [0.05, 0.1) is 19.8 Å². The van der Waals surface area contributed by atoms with Gasteiger partial charge in [0.1, 0.15) is 0 Å². The summed E-state index contributed by atoms with van der Waals surface area (Å²) in [6.07, 6.45) is 0. The van der Waals surface area contributed by atoms with Gasteiger partial charge in [-0.15, -0.1) is 5.10 Å². The van der Waals surface area contributed by atoms with Crippen molar-refractivity contribution in [2.24, 2.45) is 0 Å². The van der Waals surface area contributed by atoms with Crippen LogP contribution in [0.25, 0.3) is 0 Å². The molecule has 0 amide bonds. The number of morpholine rings is 1. The molecule has 0 unspecified atom stereocenters. The molecule has 0 atom stereocenters. The van der Waals surface area contributed by atoms with Gasteiger partial charge in [-0.3, -0.25) is 5.41 Å². The van der Waals surface area contributed by atoms with E-state index in [0.29, 0.717) is 11.3 Å². The number of aromatic nitrogens is 2. The van der Waals surface area contributed by atoms with Gasteiger partial charge in [-0.1, -0.05) is 41.7 Å². The second kappa shape index (κ2) is 5.54. The topological polar surface area (TPSA) is 54.1 Å². The summed E-state index contributed by atoms with van der Waals surface area (Å²) in [4.78, 5) is 2.68. The number of hydrogen-bond acceptors (Lipinski definition) is 5. The molecule has 1 aromatic carbocycles. The fourth-order valence-corrected chi connectivity index (χ4v) is 2.89. The van der Waals surface area contributed by atoms with Crippen molar-refractivity contribution in [3.63, 3.8) is 0 Å². The molecule has 0 bridgehead atoms. The Morgan fingerprint density at radius 1 is 1.21 bits per heavy atom. The van der Waals surface area contributed by atoms with Gasteiger partial charge in [-0.2, -0.15) is 0 Å². The van der Waals surface area contributed by atoms with E-state index in [0.717, 1.165) is 31.4 Å². The van der Waals surface area contributed by atoms with Gasteiger partial charge in [-0.05, 0) is 5.56 Å². The Balaban J connectivity index is 1.79. The average molecular weight is 276 g/mol. The molecule has 0 spiro atoms. The van der Waals surface area contributed by atoms with E-state index in [1.165, 1.54) is 16.9 Å². The first-order valence-corrected chi connectivity index (χ1v) is 7.14. The number of benzene rings is 1. The third kappa shape index (κ3) is 2.85. The molecule has 1 saturated heterocycles. The van der Waals surface area contributed by atoms with Crippen LogP contribution in [0.2, 0.25) is 0 Å². The normalized spacial score (nSPS) is 15.7. The molecule has 100 valence electrons. The first kappa shape index (κ1) is 12.4. The molecular weight excluding hydrogens is 260 g/mol. The van der Waals surface area contributed by atoms with Gasteiger partial charge in [0.2, 0.25) is 9.93 Å². The first-order valence-electron chi connectivity index (χ1n) is 6.32. The summed E-state index contributed by atoms with van der Waals surface area (Å²) >= 11 is 1.43. The van der Waals surface area contributed by atoms with E-state index < -0.39 is 0 Å². The number of ether oxygens (including phenoxy) is 1. The molecule has 3 rings (SSSR count). The smallest absolute Gasteiger partial charge is 0.208 e. The van der Waals surface area contributed by atoms with Gasteiger partial charge in [0.15, 0.2) is 0 Å². The van der Waals surface area contributed by atoms with Crippen LogP contribution in [0.3, 0.4) is 0 Å². The van der Waals surface area contributed by atoms with Crippen molar-refractivity contribution in [1.82, 2.24) is 9.78 Å². The van der Waals surface area contributed by atoms with Crippen LogP contribution in [0.1, 0.15) is 5.56 Å². The predicted molar refractivity (Wildman–Crippen MR) is 74.5 cm³/mol. The maximum absolute atomic E-state index is 8.02. The summed E-state index contributed by atoms with van der Waals surface area (Å²) in [7, 11) is 0. The zero-order valence-corrected chi connectivity index (χ0v) is 11.4. The molecule has 6 heteroatoms. The highest BCUT2D eigenvalue weighted by Gasteiger charge is 2.15. The SMILES string of the molecule is N=c1sc(N2CCOCC2)nn1Cc1ccccc1. The van der Waals surface area contributed by atoms with E-state index >= 15 is 0 Å². The molecule has 1 fully saturated rings. The van der Waals surface area contributed by atoms with Crippen LogP contribution < -0.4 is 9.70 Å². The highest BCUT2D eigenvalue weighted by Crippen LogP contribution is 2.15. The zero-order chi connectivity index (χ0) is 13.1. The van der Waals surface area contributed by atoms with Gasteiger partial charge in [0, 0.05) is 13.1 Å². The minimum Gasteiger partial charge on any atom is -0.378 e. The molecule has 5 nitrogen and oxygen atoms in total. The second-order valence-electron chi connectivity index (χ2n) is 4.43. The van der Waals surface area contributed by atoms with Crippen LogP contribution in [0.15, 0.2) is 30.3 Å². The maximum Gasteiger partial charge on any atom is 0.208 e. The van der Waals surface area contributed by atoms with E-state index in [4.69, 9.17) is 10.1 Å². The summed E-state index contributed by atoms with van der Waals surface area (Å²) in [5.74, 6) is 0. The van der Waals surface area contributed by atoms with Crippen molar-refractivity contribution in [3.05, 3.63) is 40.7 Å². The van der Waals surface area contributed by atoms with Crippen LogP contribution in [-0.2, 0) is 11.3 Å². The van der Waals surface area contributed by atoms with Crippen LogP contribution in [0.5, 0.6) is 0 Å². The molecule has 1 N–H and O–H groups in total. The Kier molecular flexibility index (Phi) is 3.61. The maximum atomic E-state index is 8.02. The second-order valence-corrected chi connectivity index (χ2v) is 5.39. The van der Waals surface area contributed by atoms with Gasteiger partial charge in [0.25, 0.3) is 0 Å². The Bertz CT molecular complexity index is 586. The van der Waals surface area contributed by atoms with Crippen LogP contribution >= 0.6 is 11.3 Å². The molecule has 1 aliphatic rings. The zero-order valence-electron chi connectivity index (χ0n) is 10.6. The molecule has 1 aromatic heterocycles. The van der Waals surface area contributed by atoms with Crippen molar-refractivity contribution in [1.29, 1.82) is 5.41 Å². The fourth-order valence-electron chi connectivity index (χ4n) is 2.05. The van der Waals surface area contributed by atoms with E-state index in [1.807, 2.05) is 18.2 Å². The van der Waals surface area contributed by atoms with Crippen molar-refractivity contribution in [2.75, 3.05) is 31.2 Å². The molecule has 0 radical (unpaired) electrons. The number of nitrogens with zero attached hydrogens (tertiary/aromatic N) is 3. The van der Waals surface area contributed by atoms with Crippen LogP contribution in [0.4, 0.5) is 5.13 Å². The molecular formula is C13H16N4OS. The minimum absolute atomic E-state index is 0.491. The van der Waals surface area contributed by atoms with Crippen molar-refractivity contribution < 1.29 is 4.74 Å². The van der Waals surface area contributed by atoms with Gasteiger partial charge < -0.3 is 9.64 Å². The summed E-state index contributed by atoms with van der Waals surface area (Å²) in [6.45, 7) is 3.86. The first-order chi connectivity index (χ1) is 9.33. The van der Waals surface area contributed by atoms with Crippen LogP contribution in [0, 0.1) is 5.41 Å². The van der Waals surface area contributed by atoms with Gasteiger partial charge in [-0.25, -0.2) is 4.68 Å². The van der Waals surface area contributed by atoms with Crippen molar-refractivity contribution in [3.8, 4) is 0 Å². The number of hydrogen-bond donors (Lipinski definition) is 1. The number of rotatable bonds is 3.